The van der Waals surface area contributed by atoms with E-state index in [0.29, 0.717) is 0 Å². The Hall–Kier alpha value is -1.59. The number of carbonyl (C=O) groups is 3. The van der Waals surface area contributed by atoms with Crippen molar-refractivity contribution in [2.45, 2.75) is 52.7 Å². The molecule has 108 valence electrons. The Bertz CT molecular complexity index is 385. The summed E-state index contributed by atoms with van der Waals surface area (Å²) in [5, 5.41) is 0. The van der Waals surface area contributed by atoms with E-state index in [1.807, 2.05) is 0 Å². The number of nitrogens with zero attached hydrogens (tertiary/aromatic N) is 1. The fourth-order valence-corrected chi connectivity index (χ4v) is 1.90. The minimum absolute atomic E-state index is 0.208. The van der Waals surface area contributed by atoms with Crippen LogP contribution < -0.4 is 0 Å². The second-order valence-corrected chi connectivity index (χ2v) is 5.59. The summed E-state index contributed by atoms with van der Waals surface area (Å²) < 4.78 is 10.0. The molecule has 0 aliphatic carbocycles. The van der Waals surface area contributed by atoms with Crippen LogP contribution in [0, 0.1) is 5.92 Å². The van der Waals surface area contributed by atoms with Gasteiger partial charge in [0.15, 0.2) is 0 Å². The van der Waals surface area contributed by atoms with Crippen LogP contribution in [-0.2, 0) is 19.1 Å². The van der Waals surface area contributed by atoms with Crippen LogP contribution in [-0.4, -0.2) is 41.1 Å². The maximum Gasteiger partial charge on any atom is 0.417 e. The molecule has 6 nitrogen and oxygen atoms in total. The molecule has 0 aromatic carbocycles. The monoisotopic (exact) mass is 271 g/mol. The first kappa shape index (κ1) is 15.5. The number of ether oxygens (including phenoxy) is 2. The van der Waals surface area contributed by atoms with Crippen LogP contribution in [0.4, 0.5) is 4.79 Å². The fraction of sp³-hybridized carbons (Fsp3) is 0.769. The lowest BCUT2D eigenvalue weighted by atomic mass is 10.1. The molecule has 2 amide bonds. The van der Waals surface area contributed by atoms with Crippen molar-refractivity contribution in [2.75, 3.05) is 6.61 Å². The van der Waals surface area contributed by atoms with Gasteiger partial charge < -0.3 is 9.47 Å². The van der Waals surface area contributed by atoms with Crippen molar-refractivity contribution in [3.8, 4) is 0 Å². The minimum Gasteiger partial charge on any atom is -0.464 e. The first-order valence-corrected chi connectivity index (χ1v) is 6.40. The number of amides is 2. The highest BCUT2D eigenvalue weighted by molar-refractivity contribution is 6.00. The Kier molecular flexibility index (Phi) is 4.55. The molecule has 0 aromatic heterocycles. The van der Waals surface area contributed by atoms with E-state index in [4.69, 9.17) is 9.47 Å². The number of hydrogen-bond donors (Lipinski definition) is 0. The molecule has 0 saturated carbocycles. The summed E-state index contributed by atoms with van der Waals surface area (Å²) in [6.07, 6.45) is -0.517. The molecule has 1 saturated heterocycles. The van der Waals surface area contributed by atoms with Gasteiger partial charge in [-0.25, -0.2) is 14.5 Å². The Morgan fingerprint density at radius 2 is 1.95 bits per heavy atom. The van der Waals surface area contributed by atoms with Gasteiger partial charge in [0.2, 0.25) is 5.91 Å². The topological polar surface area (TPSA) is 72.9 Å². The van der Waals surface area contributed by atoms with Crippen molar-refractivity contribution in [1.29, 1.82) is 0 Å². The Labute approximate surface area is 113 Å². The predicted octanol–water partition coefficient (Wildman–Crippen LogP) is 1.72. The van der Waals surface area contributed by atoms with E-state index in [0.717, 1.165) is 4.90 Å². The van der Waals surface area contributed by atoms with Gasteiger partial charge in [-0.15, -0.1) is 0 Å². The number of imide groups is 1. The lowest BCUT2D eigenvalue weighted by molar-refractivity contribution is -0.151. The van der Waals surface area contributed by atoms with E-state index in [9.17, 15) is 14.4 Å². The summed E-state index contributed by atoms with van der Waals surface area (Å²) >= 11 is 0. The van der Waals surface area contributed by atoms with Crippen LogP contribution >= 0.6 is 0 Å². The Morgan fingerprint density at radius 3 is 2.42 bits per heavy atom. The average Bonchev–Trinajstić information content (AvgIpc) is 2.53. The van der Waals surface area contributed by atoms with E-state index in [-0.39, 0.29) is 18.9 Å². The van der Waals surface area contributed by atoms with Gasteiger partial charge in [-0.05, 0) is 34.1 Å². The highest BCUT2D eigenvalue weighted by Crippen LogP contribution is 2.27. The highest BCUT2D eigenvalue weighted by Gasteiger charge is 2.47. The van der Waals surface area contributed by atoms with Crippen molar-refractivity contribution in [1.82, 2.24) is 4.90 Å². The molecule has 0 unspecified atom stereocenters. The molecule has 0 N–H and O–H groups in total. The summed E-state index contributed by atoms with van der Waals surface area (Å²) in [6, 6.07) is -0.878. The van der Waals surface area contributed by atoms with E-state index in [1.165, 1.54) is 0 Å². The lowest BCUT2D eigenvalue weighted by Gasteiger charge is -2.26. The van der Waals surface area contributed by atoms with Gasteiger partial charge >= 0.3 is 12.1 Å². The number of esters is 1. The maximum absolute atomic E-state index is 12.0. The van der Waals surface area contributed by atoms with E-state index in [1.54, 1.807) is 34.6 Å². The van der Waals surface area contributed by atoms with Gasteiger partial charge in [0.1, 0.15) is 11.6 Å². The predicted molar refractivity (Wildman–Crippen MR) is 67.3 cm³/mol. The van der Waals surface area contributed by atoms with Crippen LogP contribution in [0.5, 0.6) is 0 Å². The summed E-state index contributed by atoms with van der Waals surface area (Å²) in [5.74, 6) is -1.35. The molecule has 1 aliphatic rings. The van der Waals surface area contributed by atoms with Crippen LogP contribution in [0.1, 0.15) is 41.0 Å². The largest absolute Gasteiger partial charge is 0.464 e. The molecule has 0 spiro atoms. The van der Waals surface area contributed by atoms with Gasteiger partial charge in [0.25, 0.3) is 0 Å². The second-order valence-electron chi connectivity index (χ2n) is 5.59. The zero-order chi connectivity index (χ0) is 14.8. The second kappa shape index (κ2) is 5.59. The van der Waals surface area contributed by atoms with Gasteiger partial charge in [-0.2, -0.15) is 0 Å². The van der Waals surface area contributed by atoms with E-state index in [2.05, 4.69) is 0 Å². The molecular weight excluding hydrogens is 250 g/mol. The number of carbonyl (C=O) groups excluding carboxylic acids is 3. The van der Waals surface area contributed by atoms with Crippen LogP contribution in [0.2, 0.25) is 0 Å². The van der Waals surface area contributed by atoms with Crippen molar-refractivity contribution in [2.24, 2.45) is 5.92 Å². The Morgan fingerprint density at radius 1 is 1.37 bits per heavy atom. The third-order valence-electron chi connectivity index (χ3n) is 2.70. The smallest absolute Gasteiger partial charge is 0.417 e. The molecule has 2 atom stereocenters. The fourth-order valence-electron chi connectivity index (χ4n) is 1.90. The first-order chi connectivity index (χ1) is 8.67. The molecule has 19 heavy (non-hydrogen) atoms. The molecule has 1 fully saturated rings. The minimum atomic E-state index is -0.878. The normalized spacial score (nSPS) is 23.4. The van der Waals surface area contributed by atoms with Gasteiger partial charge in [-0.1, -0.05) is 6.92 Å². The van der Waals surface area contributed by atoms with Crippen molar-refractivity contribution in [3.63, 3.8) is 0 Å². The summed E-state index contributed by atoms with van der Waals surface area (Å²) in [5.41, 5.74) is -0.720. The van der Waals surface area contributed by atoms with Crippen LogP contribution in [0.3, 0.4) is 0 Å². The molecule has 6 heteroatoms. The standard InChI is InChI=1S/C13H21NO5/c1-6-18-11(16)9-7-8(2)10(15)14(9)12(17)19-13(3,4)5/h8-9H,6-7H2,1-5H3/t8-,9-/m1/s1. The maximum atomic E-state index is 12.0. The lowest BCUT2D eigenvalue weighted by Crippen LogP contribution is -2.46. The van der Waals surface area contributed by atoms with Crippen molar-refractivity contribution >= 4 is 18.0 Å². The van der Waals surface area contributed by atoms with E-state index >= 15 is 0 Å². The van der Waals surface area contributed by atoms with Crippen molar-refractivity contribution in [3.05, 3.63) is 0 Å². The summed E-state index contributed by atoms with van der Waals surface area (Å²) in [6.45, 7) is 8.67. The zero-order valence-corrected chi connectivity index (χ0v) is 12.1. The van der Waals surface area contributed by atoms with Gasteiger partial charge in [0, 0.05) is 5.92 Å². The molecule has 1 rings (SSSR count). The van der Waals surface area contributed by atoms with Crippen LogP contribution in [0.25, 0.3) is 0 Å². The molecule has 1 aliphatic heterocycles. The summed E-state index contributed by atoms with van der Waals surface area (Å²) in [4.78, 5) is 36.7. The third kappa shape index (κ3) is 3.68. The highest BCUT2D eigenvalue weighted by atomic mass is 16.6. The molecule has 0 radical (unpaired) electrons. The third-order valence-corrected chi connectivity index (χ3v) is 2.70. The number of likely N-dealkylation sites (tertiary alicyclic amines) is 1. The molecule has 0 aromatic rings. The van der Waals surface area contributed by atoms with Gasteiger partial charge in [-0.3, -0.25) is 4.79 Å². The number of rotatable bonds is 2. The SMILES string of the molecule is CCOC(=O)[C@H]1C[C@@H](C)C(=O)N1C(=O)OC(C)(C)C. The summed E-state index contributed by atoms with van der Waals surface area (Å²) in [7, 11) is 0. The zero-order valence-electron chi connectivity index (χ0n) is 12.1. The Balaban J connectivity index is 2.89. The number of hydrogen-bond acceptors (Lipinski definition) is 5. The van der Waals surface area contributed by atoms with Crippen LogP contribution in [0.15, 0.2) is 0 Å². The van der Waals surface area contributed by atoms with Gasteiger partial charge in [0.05, 0.1) is 6.61 Å². The first-order valence-electron chi connectivity index (χ1n) is 6.40. The average molecular weight is 271 g/mol. The molecular formula is C13H21NO5. The van der Waals surface area contributed by atoms with Crippen molar-refractivity contribution < 1.29 is 23.9 Å². The van der Waals surface area contributed by atoms with E-state index < -0.39 is 29.6 Å². The quantitative estimate of drug-likeness (QED) is 0.715. The molecule has 0 bridgehead atoms. The molecule has 1 heterocycles.